The third kappa shape index (κ3) is 4.43. The van der Waals surface area contributed by atoms with Crippen molar-refractivity contribution < 1.29 is 23.8 Å². The van der Waals surface area contributed by atoms with E-state index in [0.717, 1.165) is 12.1 Å². The SMILES string of the molecule is C[C@@H](OC(=O)c1cccc(O)c1)C(=O)Nc1ccc(F)cc1Cl. The number of amides is 1. The Bertz CT molecular complexity index is 751. The van der Waals surface area contributed by atoms with Crippen LogP contribution in [0.15, 0.2) is 42.5 Å². The van der Waals surface area contributed by atoms with Crippen molar-refractivity contribution in [3.8, 4) is 5.75 Å². The summed E-state index contributed by atoms with van der Waals surface area (Å²) in [5, 5.41) is 11.8. The maximum Gasteiger partial charge on any atom is 0.339 e. The number of phenols is 1. The van der Waals surface area contributed by atoms with E-state index in [9.17, 15) is 19.1 Å². The number of carbonyl (C=O) groups is 2. The first kappa shape index (κ1) is 16.8. The lowest BCUT2D eigenvalue weighted by Gasteiger charge is -2.14. The van der Waals surface area contributed by atoms with Crippen LogP contribution < -0.4 is 5.32 Å². The van der Waals surface area contributed by atoms with Gasteiger partial charge in [0.05, 0.1) is 16.3 Å². The van der Waals surface area contributed by atoms with Crippen LogP contribution >= 0.6 is 11.6 Å². The van der Waals surface area contributed by atoms with E-state index in [-0.39, 0.29) is 22.0 Å². The number of ether oxygens (including phenoxy) is 1. The first-order valence-electron chi connectivity index (χ1n) is 6.63. The molecule has 23 heavy (non-hydrogen) atoms. The first-order valence-corrected chi connectivity index (χ1v) is 7.00. The molecule has 0 bridgehead atoms. The van der Waals surface area contributed by atoms with E-state index >= 15 is 0 Å². The Morgan fingerprint density at radius 1 is 1.26 bits per heavy atom. The van der Waals surface area contributed by atoms with Crippen molar-refractivity contribution in [3.05, 3.63) is 58.9 Å². The Hall–Kier alpha value is -2.60. The number of anilines is 1. The van der Waals surface area contributed by atoms with Gasteiger partial charge in [0, 0.05) is 0 Å². The highest BCUT2D eigenvalue weighted by Gasteiger charge is 2.20. The van der Waals surface area contributed by atoms with E-state index in [2.05, 4.69) is 5.32 Å². The Morgan fingerprint density at radius 2 is 2.00 bits per heavy atom. The molecule has 1 amide bonds. The Labute approximate surface area is 136 Å². The zero-order valence-corrected chi connectivity index (χ0v) is 12.8. The number of rotatable bonds is 4. The summed E-state index contributed by atoms with van der Waals surface area (Å²) in [7, 11) is 0. The Balaban J connectivity index is 2.01. The molecule has 2 N–H and O–H groups in total. The van der Waals surface area contributed by atoms with Crippen molar-refractivity contribution in [2.45, 2.75) is 13.0 Å². The molecule has 2 aromatic rings. The minimum Gasteiger partial charge on any atom is -0.508 e. The molecule has 0 aliphatic rings. The standard InChI is InChI=1S/C16H13ClFNO4/c1-9(23-16(22)10-3-2-4-12(20)7-10)15(21)19-14-6-5-11(18)8-13(14)17/h2-9,20H,1H3,(H,19,21)/t9-/m1/s1. The quantitative estimate of drug-likeness (QED) is 0.839. The normalized spacial score (nSPS) is 11.6. The molecule has 0 saturated carbocycles. The van der Waals surface area contributed by atoms with Crippen molar-refractivity contribution >= 4 is 29.2 Å². The van der Waals surface area contributed by atoms with Crippen LogP contribution in [-0.4, -0.2) is 23.1 Å². The number of phenolic OH excluding ortho intramolecular Hbond substituents is 1. The highest BCUT2D eigenvalue weighted by Crippen LogP contribution is 2.22. The van der Waals surface area contributed by atoms with Crippen LogP contribution in [0.5, 0.6) is 5.75 Å². The molecule has 0 spiro atoms. The second kappa shape index (κ2) is 7.11. The molecular weight excluding hydrogens is 325 g/mol. The third-order valence-electron chi connectivity index (χ3n) is 2.92. The maximum absolute atomic E-state index is 12.9. The average Bonchev–Trinajstić information content (AvgIpc) is 2.49. The number of halogens is 2. The summed E-state index contributed by atoms with van der Waals surface area (Å²) in [5.74, 6) is -1.99. The highest BCUT2D eigenvalue weighted by atomic mass is 35.5. The van der Waals surface area contributed by atoms with Gasteiger partial charge >= 0.3 is 5.97 Å². The van der Waals surface area contributed by atoms with Crippen molar-refractivity contribution in [1.29, 1.82) is 0 Å². The molecule has 0 aromatic heterocycles. The van der Waals surface area contributed by atoms with E-state index in [4.69, 9.17) is 16.3 Å². The van der Waals surface area contributed by atoms with Crippen LogP contribution in [0.25, 0.3) is 0 Å². The zero-order chi connectivity index (χ0) is 17.0. The number of carbonyl (C=O) groups excluding carboxylic acids is 2. The molecule has 0 saturated heterocycles. The number of benzene rings is 2. The zero-order valence-electron chi connectivity index (χ0n) is 12.0. The van der Waals surface area contributed by atoms with Crippen molar-refractivity contribution in [1.82, 2.24) is 0 Å². The summed E-state index contributed by atoms with van der Waals surface area (Å²) in [6.07, 6.45) is -1.11. The lowest BCUT2D eigenvalue weighted by molar-refractivity contribution is -0.123. The van der Waals surface area contributed by atoms with Crippen LogP contribution in [-0.2, 0) is 9.53 Å². The van der Waals surface area contributed by atoms with Crippen LogP contribution in [0.1, 0.15) is 17.3 Å². The maximum atomic E-state index is 12.9. The minimum atomic E-state index is -1.11. The average molecular weight is 338 g/mol. The van der Waals surface area contributed by atoms with Crippen molar-refractivity contribution in [2.24, 2.45) is 0 Å². The van der Waals surface area contributed by atoms with Gasteiger partial charge in [-0.1, -0.05) is 17.7 Å². The lowest BCUT2D eigenvalue weighted by atomic mass is 10.2. The van der Waals surface area contributed by atoms with Gasteiger partial charge < -0.3 is 15.2 Å². The fourth-order valence-corrected chi connectivity index (χ4v) is 1.95. The largest absolute Gasteiger partial charge is 0.508 e. The lowest BCUT2D eigenvalue weighted by Crippen LogP contribution is -2.30. The Morgan fingerprint density at radius 3 is 2.65 bits per heavy atom. The molecule has 0 unspecified atom stereocenters. The molecule has 0 fully saturated rings. The smallest absolute Gasteiger partial charge is 0.339 e. The second-order valence-electron chi connectivity index (χ2n) is 4.71. The van der Waals surface area contributed by atoms with Gasteiger partial charge in [0.1, 0.15) is 11.6 Å². The summed E-state index contributed by atoms with van der Waals surface area (Å²) >= 11 is 5.81. The fraction of sp³-hybridized carbons (Fsp3) is 0.125. The number of hydrogen-bond donors (Lipinski definition) is 2. The van der Waals surface area contributed by atoms with Gasteiger partial charge in [-0.15, -0.1) is 0 Å². The molecule has 1 atom stereocenters. The monoisotopic (exact) mass is 337 g/mol. The van der Waals surface area contributed by atoms with Crippen LogP contribution in [0.3, 0.4) is 0 Å². The van der Waals surface area contributed by atoms with Gasteiger partial charge in [0.2, 0.25) is 0 Å². The minimum absolute atomic E-state index is 0.0323. The molecule has 0 radical (unpaired) electrons. The van der Waals surface area contributed by atoms with Crippen molar-refractivity contribution in [3.63, 3.8) is 0 Å². The van der Waals surface area contributed by atoms with Gasteiger partial charge in [0.15, 0.2) is 6.10 Å². The summed E-state index contributed by atoms with van der Waals surface area (Å²) in [4.78, 5) is 23.9. The van der Waals surface area contributed by atoms with Gasteiger partial charge in [-0.3, -0.25) is 4.79 Å². The molecule has 2 rings (SSSR count). The topological polar surface area (TPSA) is 75.6 Å². The van der Waals surface area contributed by atoms with E-state index in [0.29, 0.717) is 0 Å². The summed E-state index contributed by atoms with van der Waals surface area (Å²) < 4.78 is 18.0. The van der Waals surface area contributed by atoms with Gasteiger partial charge in [-0.25, -0.2) is 9.18 Å². The fourth-order valence-electron chi connectivity index (χ4n) is 1.74. The molecule has 2 aromatic carbocycles. The van der Waals surface area contributed by atoms with Gasteiger partial charge in [-0.2, -0.15) is 0 Å². The third-order valence-corrected chi connectivity index (χ3v) is 3.24. The highest BCUT2D eigenvalue weighted by molar-refractivity contribution is 6.33. The van der Waals surface area contributed by atoms with E-state index in [1.165, 1.54) is 37.3 Å². The van der Waals surface area contributed by atoms with Crippen molar-refractivity contribution in [2.75, 3.05) is 5.32 Å². The van der Waals surface area contributed by atoms with Crippen LogP contribution in [0.4, 0.5) is 10.1 Å². The number of hydrogen-bond acceptors (Lipinski definition) is 4. The van der Waals surface area contributed by atoms with Crippen LogP contribution in [0, 0.1) is 5.82 Å². The summed E-state index contributed by atoms with van der Waals surface area (Å²) in [6.45, 7) is 1.38. The van der Waals surface area contributed by atoms with Gasteiger partial charge in [-0.05, 0) is 43.3 Å². The molecule has 5 nitrogen and oxygen atoms in total. The van der Waals surface area contributed by atoms with Crippen LogP contribution in [0.2, 0.25) is 5.02 Å². The summed E-state index contributed by atoms with van der Waals surface area (Å²) in [5.41, 5.74) is 0.322. The second-order valence-corrected chi connectivity index (χ2v) is 5.12. The van der Waals surface area contributed by atoms with E-state index in [1.54, 1.807) is 0 Å². The first-order chi connectivity index (χ1) is 10.9. The molecule has 0 heterocycles. The molecule has 0 aliphatic heterocycles. The summed E-state index contributed by atoms with van der Waals surface area (Å²) in [6, 6.07) is 9.07. The predicted molar refractivity (Wildman–Crippen MR) is 83.0 cm³/mol. The van der Waals surface area contributed by atoms with E-state index < -0.39 is 23.8 Å². The van der Waals surface area contributed by atoms with Gasteiger partial charge in [0.25, 0.3) is 5.91 Å². The molecule has 120 valence electrons. The molecular formula is C16H13ClFNO4. The van der Waals surface area contributed by atoms with E-state index in [1.807, 2.05) is 0 Å². The predicted octanol–water partition coefficient (Wildman–Crippen LogP) is 3.37. The number of aromatic hydroxyl groups is 1. The number of esters is 1. The number of nitrogens with one attached hydrogen (secondary N) is 1. The Kier molecular flexibility index (Phi) is 5.18. The molecule has 7 heteroatoms. The molecule has 0 aliphatic carbocycles.